The molecule has 0 radical (unpaired) electrons. The number of alkyl halides is 1. The van der Waals surface area contributed by atoms with Crippen LogP contribution < -0.4 is 0 Å². The Hall–Kier alpha value is -0.260. The van der Waals surface area contributed by atoms with Crippen LogP contribution in [0.5, 0.6) is 0 Å². The lowest BCUT2D eigenvalue weighted by Gasteiger charge is -2.25. The van der Waals surface area contributed by atoms with Gasteiger partial charge in [0.05, 0.1) is 12.0 Å². The van der Waals surface area contributed by atoms with Gasteiger partial charge in [0.1, 0.15) is 0 Å². The first-order valence-electron chi connectivity index (χ1n) is 14.4. The number of unbranched alkanes of at least 4 members (excludes halogenated alkanes) is 14. The fourth-order valence-electron chi connectivity index (χ4n) is 4.24. The molecule has 192 valence electrons. The highest BCUT2D eigenvalue weighted by atomic mass is 35.5. The van der Waals surface area contributed by atoms with Gasteiger partial charge in [0.25, 0.3) is 0 Å². The van der Waals surface area contributed by atoms with Gasteiger partial charge in [0.15, 0.2) is 0 Å². The Morgan fingerprint density at radius 1 is 0.625 bits per heavy atom. The summed E-state index contributed by atoms with van der Waals surface area (Å²) < 4.78 is 0. The summed E-state index contributed by atoms with van der Waals surface area (Å²) in [5.74, 6) is 0.164. The van der Waals surface area contributed by atoms with E-state index in [9.17, 15) is 5.26 Å². The molecule has 0 saturated heterocycles. The average Bonchev–Trinajstić information content (AvgIpc) is 2.82. The quantitative estimate of drug-likeness (QED) is 0.110. The average molecular weight is 471 g/mol. The molecule has 0 aliphatic carbocycles. The van der Waals surface area contributed by atoms with Crippen LogP contribution in [0.2, 0.25) is 0 Å². The first-order valence-corrected chi connectivity index (χ1v) is 14.9. The van der Waals surface area contributed by atoms with Crippen LogP contribution >= 0.6 is 11.6 Å². The number of hydrogen-bond donors (Lipinski definition) is 0. The largest absolute Gasteiger partial charge is 0.301 e. The van der Waals surface area contributed by atoms with Crippen molar-refractivity contribution < 1.29 is 0 Å². The summed E-state index contributed by atoms with van der Waals surface area (Å²) in [6, 6.07) is 2.56. The van der Waals surface area contributed by atoms with Crippen LogP contribution in [-0.4, -0.2) is 29.9 Å². The third kappa shape index (κ3) is 24.4. The van der Waals surface area contributed by atoms with Crippen molar-refractivity contribution in [2.75, 3.05) is 19.6 Å². The van der Waals surface area contributed by atoms with Crippen molar-refractivity contribution in [2.24, 2.45) is 5.92 Å². The maximum absolute atomic E-state index is 9.58. The highest BCUT2D eigenvalue weighted by Gasteiger charge is 2.15. The highest BCUT2D eigenvalue weighted by Crippen LogP contribution is 2.17. The minimum atomic E-state index is 0.164. The summed E-state index contributed by atoms with van der Waals surface area (Å²) in [6.07, 6.45) is 23.7. The Balaban J connectivity index is 0. The first-order chi connectivity index (χ1) is 15.7. The van der Waals surface area contributed by atoms with Gasteiger partial charge in [-0.15, -0.1) is 11.6 Å². The van der Waals surface area contributed by atoms with Crippen LogP contribution in [0.1, 0.15) is 150 Å². The van der Waals surface area contributed by atoms with Crippen molar-refractivity contribution >= 4 is 11.6 Å². The molecule has 2 unspecified atom stereocenters. The summed E-state index contributed by atoms with van der Waals surface area (Å²) in [5.41, 5.74) is 0. The first kappa shape index (κ1) is 33.9. The fraction of sp³-hybridized carbons (Fsp3) is 0.966. The van der Waals surface area contributed by atoms with E-state index in [-0.39, 0.29) is 11.3 Å². The Kier molecular flexibility index (Phi) is 30.5. The minimum Gasteiger partial charge on any atom is -0.301 e. The van der Waals surface area contributed by atoms with Gasteiger partial charge in [-0.25, -0.2) is 0 Å². The van der Waals surface area contributed by atoms with Gasteiger partial charge in [-0.1, -0.05) is 137 Å². The zero-order chi connectivity index (χ0) is 24.3. The van der Waals surface area contributed by atoms with E-state index >= 15 is 0 Å². The lowest BCUT2D eigenvalue weighted by Crippen LogP contribution is -2.34. The molecule has 32 heavy (non-hydrogen) atoms. The standard InChI is InChI=1S/C27H53ClN2.C2H6/c1-4-7-9-11-13-14-15-16-17-19-21-26(23-29)24-30(6-3)25-27(28)22-20-18-12-10-8-5-2;1-2/h26-27H,4-22,24-25H2,1-3H3;1-2H3. The van der Waals surface area contributed by atoms with Crippen LogP contribution in [-0.2, 0) is 0 Å². The summed E-state index contributed by atoms with van der Waals surface area (Å²) in [5, 5.41) is 9.81. The third-order valence-electron chi connectivity index (χ3n) is 6.34. The second kappa shape index (κ2) is 28.8. The van der Waals surface area contributed by atoms with Crippen LogP contribution in [0.3, 0.4) is 0 Å². The van der Waals surface area contributed by atoms with E-state index in [0.717, 1.165) is 32.5 Å². The molecule has 0 aromatic heterocycles. The molecule has 0 bridgehead atoms. The molecule has 2 atom stereocenters. The minimum absolute atomic E-state index is 0.164. The number of nitriles is 1. The summed E-state index contributed by atoms with van der Waals surface area (Å²) in [4.78, 5) is 2.40. The zero-order valence-corrected chi connectivity index (χ0v) is 23.5. The molecule has 3 heteroatoms. The van der Waals surface area contributed by atoms with Crippen molar-refractivity contribution in [1.29, 1.82) is 5.26 Å². The Bertz CT molecular complexity index is 380. The summed E-state index contributed by atoms with van der Waals surface area (Å²) in [6.45, 7) is 13.6. The molecule has 2 nitrogen and oxygen atoms in total. The number of nitrogens with zero attached hydrogens (tertiary/aromatic N) is 2. The SMILES string of the molecule is CC.CCCCCCCCCCCCC(C#N)CN(CC)CC(Cl)CCCCCCCC. The molecule has 0 aromatic rings. The lowest BCUT2D eigenvalue weighted by molar-refractivity contribution is 0.251. The van der Waals surface area contributed by atoms with E-state index in [4.69, 9.17) is 11.6 Å². The van der Waals surface area contributed by atoms with Crippen molar-refractivity contribution in [2.45, 2.75) is 156 Å². The summed E-state index contributed by atoms with van der Waals surface area (Å²) >= 11 is 6.61. The van der Waals surface area contributed by atoms with E-state index in [0.29, 0.717) is 0 Å². The van der Waals surface area contributed by atoms with Gasteiger partial charge >= 0.3 is 0 Å². The summed E-state index contributed by atoms with van der Waals surface area (Å²) in [7, 11) is 0. The van der Waals surface area contributed by atoms with Gasteiger partial charge < -0.3 is 4.90 Å². The molecule has 0 saturated carbocycles. The molecule has 0 heterocycles. The maximum atomic E-state index is 9.58. The predicted molar refractivity (Wildman–Crippen MR) is 147 cm³/mol. The highest BCUT2D eigenvalue weighted by molar-refractivity contribution is 6.20. The Labute approximate surface area is 208 Å². The second-order valence-electron chi connectivity index (χ2n) is 9.30. The number of rotatable bonds is 23. The normalized spacial score (nSPS) is 12.8. The molecule has 0 amide bonds. The fourth-order valence-corrected chi connectivity index (χ4v) is 4.59. The lowest BCUT2D eigenvalue weighted by atomic mass is 10.00. The van der Waals surface area contributed by atoms with E-state index in [1.54, 1.807) is 0 Å². The molecular formula is C29H59ClN2. The van der Waals surface area contributed by atoms with E-state index in [1.165, 1.54) is 103 Å². The van der Waals surface area contributed by atoms with Crippen molar-refractivity contribution in [3.8, 4) is 6.07 Å². The van der Waals surface area contributed by atoms with Gasteiger partial charge in [-0.2, -0.15) is 5.26 Å². The molecule has 0 aromatic carbocycles. The monoisotopic (exact) mass is 470 g/mol. The van der Waals surface area contributed by atoms with Crippen molar-refractivity contribution in [3.05, 3.63) is 0 Å². The number of hydrogen-bond acceptors (Lipinski definition) is 2. The van der Waals surface area contributed by atoms with E-state index in [2.05, 4.69) is 31.7 Å². The van der Waals surface area contributed by atoms with Crippen molar-refractivity contribution in [1.82, 2.24) is 4.90 Å². The van der Waals surface area contributed by atoms with Gasteiger partial charge in [-0.05, 0) is 19.4 Å². The Morgan fingerprint density at radius 3 is 1.44 bits per heavy atom. The second-order valence-corrected chi connectivity index (χ2v) is 9.92. The molecule has 0 spiro atoms. The smallest absolute Gasteiger partial charge is 0.0669 e. The van der Waals surface area contributed by atoms with Crippen LogP contribution in [0.4, 0.5) is 0 Å². The molecule has 0 fully saturated rings. The number of halogens is 1. The van der Waals surface area contributed by atoms with Crippen LogP contribution in [0, 0.1) is 17.2 Å². The van der Waals surface area contributed by atoms with Crippen LogP contribution in [0.15, 0.2) is 0 Å². The van der Waals surface area contributed by atoms with Gasteiger partial charge in [0.2, 0.25) is 0 Å². The Morgan fingerprint density at radius 2 is 1.03 bits per heavy atom. The maximum Gasteiger partial charge on any atom is 0.0669 e. The van der Waals surface area contributed by atoms with E-state index in [1.807, 2.05) is 13.8 Å². The van der Waals surface area contributed by atoms with Gasteiger partial charge in [0, 0.05) is 18.5 Å². The molecule has 0 aliphatic heterocycles. The third-order valence-corrected chi connectivity index (χ3v) is 6.70. The molecule has 0 aliphatic rings. The molecular weight excluding hydrogens is 412 g/mol. The predicted octanol–water partition coefficient (Wildman–Crippen LogP) is 10.1. The zero-order valence-electron chi connectivity index (χ0n) is 22.8. The van der Waals surface area contributed by atoms with Crippen LogP contribution in [0.25, 0.3) is 0 Å². The topological polar surface area (TPSA) is 27.0 Å². The molecule has 0 rings (SSSR count). The molecule has 0 N–H and O–H groups in total. The van der Waals surface area contributed by atoms with E-state index < -0.39 is 0 Å². The van der Waals surface area contributed by atoms with Crippen molar-refractivity contribution in [3.63, 3.8) is 0 Å². The van der Waals surface area contributed by atoms with Gasteiger partial charge in [-0.3, -0.25) is 0 Å².